The zero-order valence-electron chi connectivity index (χ0n) is 13.7. The van der Waals surface area contributed by atoms with Crippen molar-refractivity contribution in [3.8, 4) is 0 Å². The van der Waals surface area contributed by atoms with E-state index in [9.17, 15) is 0 Å². The van der Waals surface area contributed by atoms with Gasteiger partial charge < -0.3 is 5.32 Å². The van der Waals surface area contributed by atoms with Gasteiger partial charge in [-0.25, -0.2) is 0 Å². The second kappa shape index (κ2) is 7.77. The summed E-state index contributed by atoms with van der Waals surface area (Å²) in [5.74, 6) is 0. The van der Waals surface area contributed by atoms with E-state index in [0.29, 0.717) is 6.04 Å². The molecular formula is C19H27NS. The maximum absolute atomic E-state index is 3.65. The Morgan fingerprint density at radius 2 is 1.67 bits per heavy atom. The van der Waals surface area contributed by atoms with Crippen LogP contribution in [0.15, 0.2) is 30.3 Å². The van der Waals surface area contributed by atoms with Crippen molar-refractivity contribution >= 4 is 11.3 Å². The lowest BCUT2D eigenvalue weighted by Crippen LogP contribution is -2.21. The van der Waals surface area contributed by atoms with Crippen molar-refractivity contribution in [2.45, 2.75) is 53.0 Å². The molecule has 0 aliphatic carbocycles. The molecule has 0 bridgehead atoms. The third-order valence-electron chi connectivity index (χ3n) is 4.05. The first kappa shape index (κ1) is 16.3. The highest BCUT2D eigenvalue weighted by Crippen LogP contribution is 2.30. The maximum Gasteiger partial charge on any atom is 0.0671 e. The predicted molar refractivity (Wildman–Crippen MR) is 94.4 cm³/mol. The van der Waals surface area contributed by atoms with Crippen molar-refractivity contribution in [2.24, 2.45) is 0 Å². The average Bonchev–Trinajstić information content (AvgIpc) is 3.00. The Morgan fingerprint density at radius 1 is 0.905 bits per heavy atom. The summed E-state index contributed by atoms with van der Waals surface area (Å²) in [6, 6.07) is 11.9. The van der Waals surface area contributed by atoms with Crippen LogP contribution in [0.3, 0.4) is 0 Å². The number of rotatable bonds is 7. The van der Waals surface area contributed by atoms with Crippen LogP contribution in [0.5, 0.6) is 0 Å². The molecule has 1 aromatic carbocycles. The van der Waals surface area contributed by atoms with Crippen LogP contribution < -0.4 is 5.32 Å². The molecule has 2 rings (SSSR count). The lowest BCUT2D eigenvalue weighted by atomic mass is 9.96. The summed E-state index contributed by atoms with van der Waals surface area (Å²) in [5, 5.41) is 3.65. The lowest BCUT2D eigenvalue weighted by molar-refractivity contribution is 0.638. The number of nitrogens with one attached hydrogen (secondary N) is 1. The first-order valence-electron chi connectivity index (χ1n) is 8.17. The van der Waals surface area contributed by atoms with Crippen LogP contribution in [0.2, 0.25) is 0 Å². The molecular weight excluding hydrogens is 274 g/mol. The molecule has 0 fully saturated rings. The van der Waals surface area contributed by atoms with Gasteiger partial charge in [0.2, 0.25) is 0 Å². The van der Waals surface area contributed by atoms with Gasteiger partial charge in [0.05, 0.1) is 6.04 Å². The molecule has 1 unspecified atom stereocenters. The molecule has 0 amide bonds. The van der Waals surface area contributed by atoms with Gasteiger partial charge in [-0.2, -0.15) is 0 Å². The zero-order valence-corrected chi connectivity index (χ0v) is 14.5. The van der Waals surface area contributed by atoms with Crippen molar-refractivity contribution in [3.63, 3.8) is 0 Å². The number of thiophene rings is 1. The minimum atomic E-state index is 0.330. The fourth-order valence-corrected chi connectivity index (χ4v) is 3.88. The van der Waals surface area contributed by atoms with Crippen LogP contribution in [0.4, 0.5) is 0 Å². The highest BCUT2D eigenvalue weighted by atomic mass is 32.1. The molecule has 1 nitrogen and oxygen atoms in total. The van der Waals surface area contributed by atoms with E-state index >= 15 is 0 Å². The third kappa shape index (κ3) is 3.75. The highest BCUT2D eigenvalue weighted by Gasteiger charge is 2.16. The van der Waals surface area contributed by atoms with E-state index in [-0.39, 0.29) is 0 Å². The van der Waals surface area contributed by atoms with Crippen molar-refractivity contribution in [1.82, 2.24) is 5.32 Å². The molecule has 1 N–H and O–H groups in total. The van der Waals surface area contributed by atoms with Gasteiger partial charge in [0.25, 0.3) is 0 Å². The van der Waals surface area contributed by atoms with Gasteiger partial charge in [-0.15, -0.1) is 11.3 Å². The molecule has 0 saturated carbocycles. The Balaban J connectivity index is 2.37. The SMILES string of the molecule is CCNC(c1ccc(CC)c(CC)c1)c1ccc(CC)s1. The molecule has 2 aromatic rings. The van der Waals surface area contributed by atoms with Crippen LogP contribution in [0, 0.1) is 0 Å². The Morgan fingerprint density at radius 3 is 2.24 bits per heavy atom. The van der Waals surface area contributed by atoms with Crippen LogP contribution in [0.25, 0.3) is 0 Å². The Bertz CT molecular complexity index is 571. The fourth-order valence-electron chi connectivity index (χ4n) is 2.83. The average molecular weight is 301 g/mol. The summed E-state index contributed by atoms with van der Waals surface area (Å²) < 4.78 is 0. The third-order valence-corrected chi connectivity index (χ3v) is 5.34. The summed E-state index contributed by atoms with van der Waals surface area (Å²) in [5.41, 5.74) is 4.37. The van der Waals surface area contributed by atoms with Gasteiger partial charge in [0.15, 0.2) is 0 Å². The molecule has 1 atom stereocenters. The first-order chi connectivity index (χ1) is 10.2. The van der Waals surface area contributed by atoms with E-state index < -0.39 is 0 Å². The molecule has 1 aromatic heterocycles. The molecule has 0 aliphatic rings. The smallest absolute Gasteiger partial charge is 0.0671 e. The predicted octanol–water partition coefficient (Wildman–Crippen LogP) is 5.13. The van der Waals surface area contributed by atoms with Gasteiger partial charge in [0.1, 0.15) is 0 Å². The van der Waals surface area contributed by atoms with E-state index in [1.54, 1.807) is 0 Å². The van der Waals surface area contributed by atoms with E-state index in [4.69, 9.17) is 0 Å². The normalized spacial score (nSPS) is 12.6. The molecule has 114 valence electrons. The molecule has 2 heteroatoms. The Labute approximate surface area is 133 Å². The van der Waals surface area contributed by atoms with E-state index in [1.807, 2.05) is 11.3 Å². The quantitative estimate of drug-likeness (QED) is 0.747. The van der Waals surface area contributed by atoms with Crippen molar-refractivity contribution in [2.75, 3.05) is 6.54 Å². The molecule has 0 spiro atoms. The summed E-state index contributed by atoms with van der Waals surface area (Å²) in [7, 11) is 0. The van der Waals surface area contributed by atoms with Crippen LogP contribution in [0.1, 0.15) is 60.2 Å². The number of benzene rings is 1. The minimum Gasteiger partial charge on any atom is -0.306 e. The summed E-state index contributed by atoms with van der Waals surface area (Å²) in [4.78, 5) is 2.90. The zero-order chi connectivity index (χ0) is 15.2. The number of aryl methyl sites for hydroxylation is 3. The van der Waals surface area contributed by atoms with Gasteiger partial charge in [-0.1, -0.05) is 45.9 Å². The monoisotopic (exact) mass is 301 g/mol. The second-order valence-electron chi connectivity index (χ2n) is 5.38. The standard InChI is InChI=1S/C19H27NS/c1-5-14-9-10-16(13-15(14)6-2)19(20-8-4)18-12-11-17(7-3)21-18/h9-13,19-20H,5-8H2,1-4H3. The molecule has 1 heterocycles. The number of hydrogen-bond donors (Lipinski definition) is 1. The second-order valence-corrected chi connectivity index (χ2v) is 6.58. The van der Waals surface area contributed by atoms with Crippen molar-refractivity contribution in [1.29, 1.82) is 0 Å². The van der Waals surface area contributed by atoms with E-state index in [0.717, 1.165) is 25.8 Å². The largest absolute Gasteiger partial charge is 0.306 e. The summed E-state index contributed by atoms with van der Waals surface area (Å²) >= 11 is 1.94. The lowest BCUT2D eigenvalue weighted by Gasteiger charge is -2.19. The molecule has 21 heavy (non-hydrogen) atoms. The Hall–Kier alpha value is -1.12. The van der Waals surface area contributed by atoms with Gasteiger partial charge in [-0.05, 0) is 54.6 Å². The van der Waals surface area contributed by atoms with Crippen LogP contribution >= 0.6 is 11.3 Å². The summed E-state index contributed by atoms with van der Waals surface area (Å²) in [6.45, 7) is 9.89. The van der Waals surface area contributed by atoms with Crippen molar-refractivity contribution < 1.29 is 0 Å². The molecule has 0 radical (unpaired) electrons. The molecule has 0 saturated heterocycles. The highest BCUT2D eigenvalue weighted by molar-refractivity contribution is 7.12. The van der Waals surface area contributed by atoms with Crippen LogP contribution in [-0.2, 0) is 19.3 Å². The number of hydrogen-bond acceptors (Lipinski definition) is 2. The summed E-state index contributed by atoms with van der Waals surface area (Å²) in [6.07, 6.45) is 3.35. The fraction of sp³-hybridized carbons (Fsp3) is 0.474. The Kier molecular flexibility index (Phi) is 6.01. The molecule has 0 aliphatic heterocycles. The minimum absolute atomic E-state index is 0.330. The van der Waals surface area contributed by atoms with Gasteiger partial charge in [0, 0.05) is 9.75 Å². The first-order valence-corrected chi connectivity index (χ1v) is 8.98. The van der Waals surface area contributed by atoms with E-state index in [2.05, 4.69) is 63.3 Å². The van der Waals surface area contributed by atoms with Crippen molar-refractivity contribution in [3.05, 3.63) is 56.8 Å². The van der Waals surface area contributed by atoms with E-state index in [1.165, 1.54) is 26.4 Å². The topological polar surface area (TPSA) is 12.0 Å². The van der Waals surface area contributed by atoms with Gasteiger partial charge in [-0.3, -0.25) is 0 Å². The van der Waals surface area contributed by atoms with Crippen LogP contribution in [-0.4, -0.2) is 6.54 Å². The van der Waals surface area contributed by atoms with Gasteiger partial charge >= 0.3 is 0 Å². The maximum atomic E-state index is 3.65.